The Kier molecular flexibility index (Phi) is 25.7. The van der Waals surface area contributed by atoms with Crippen LogP contribution in [0.5, 0.6) is 0 Å². The van der Waals surface area contributed by atoms with Gasteiger partial charge in [0.1, 0.15) is 0 Å². The summed E-state index contributed by atoms with van der Waals surface area (Å²) in [4.78, 5) is 25.6. The zero-order valence-electron chi connectivity index (χ0n) is 3.93. The average molecular weight is 365 g/mol. The van der Waals surface area contributed by atoms with Gasteiger partial charge in [-0.05, 0) is 0 Å². The molecule has 0 saturated heterocycles. The van der Waals surface area contributed by atoms with Crippen LogP contribution in [-0.4, -0.2) is 27.3 Å². The van der Waals surface area contributed by atoms with Crippen molar-refractivity contribution in [3.05, 3.63) is 0 Å². The first kappa shape index (κ1) is 22.5. The molecule has 0 aliphatic heterocycles. The fraction of sp³-hybridized carbons (Fsp3) is 0. The molecule has 0 unspecified atom stereocenters. The van der Waals surface area contributed by atoms with Crippen molar-refractivity contribution in [1.29, 1.82) is 0 Å². The van der Waals surface area contributed by atoms with Crippen LogP contribution in [0.3, 0.4) is 0 Å². The van der Waals surface area contributed by atoms with Gasteiger partial charge in [0.2, 0.25) is 0 Å². The van der Waals surface area contributed by atoms with Gasteiger partial charge in [-0.1, -0.05) is 0 Å². The Morgan fingerprint density at radius 3 is 1.12 bits per heavy atom. The summed E-state index contributed by atoms with van der Waals surface area (Å²) in [6.07, 6.45) is 0. The van der Waals surface area contributed by atoms with E-state index in [9.17, 15) is 0 Å². The standard InChI is InChI=1S/Fe.Li.H3O4P.Pb/c;;1-5(2,3)4;/h;;(H3,1,2,3,4);/q;+1;;+2/p-3. The van der Waals surface area contributed by atoms with E-state index in [-0.39, 0.29) is 63.2 Å². The third-order valence-electron chi connectivity index (χ3n) is 0. The molecular formula is FeLiO4PPb. The topological polar surface area (TPSA) is 86.2 Å². The second-order valence-electron chi connectivity index (χ2n) is 0.447. The zero-order valence-corrected chi connectivity index (χ0v) is 9.82. The maximum atomic E-state index is 8.55. The molecule has 0 N–H and O–H groups in total. The Morgan fingerprint density at radius 1 is 1.12 bits per heavy atom. The smallest absolute Gasteiger partial charge is 0.822 e. The van der Waals surface area contributed by atoms with Gasteiger partial charge in [-0.15, -0.1) is 0 Å². The van der Waals surface area contributed by atoms with Gasteiger partial charge in [0.15, 0.2) is 0 Å². The third-order valence-corrected chi connectivity index (χ3v) is 0. The van der Waals surface area contributed by atoms with Gasteiger partial charge in [-0.3, -0.25) is 0 Å². The second-order valence-corrected chi connectivity index (χ2v) is 1.34. The number of rotatable bonds is 0. The van der Waals surface area contributed by atoms with Crippen molar-refractivity contribution in [2.24, 2.45) is 0 Å². The maximum Gasteiger partial charge on any atom is 2.00 e. The van der Waals surface area contributed by atoms with Crippen LogP contribution in [0.4, 0.5) is 0 Å². The third kappa shape index (κ3) is 90.2. The van der Waals surface area contributed by atoms with Gasteiger partial charge < -0.3 is 19.2 Å². The zero-order chi connectivity index (χ0) is 4.50. The van der Waals surface area contributed by atoms with Crippen LogP contribution >= 0.6 is 7.82 Å². The summed E-state index contributed by atoms with van der Waals surface area (Å²) in [5.74, 6) is 0. The molecule has 8 heteroatoms. The van der Waals surface area contributed by atoms with Crippen molar-refractivity contribution in [3.8, 4) is 0 Å². The summed E-state index contributed by atoms with van der Waals surface area (Å²) in [5, 5.41) is 0. The van der Waals surface area contributed by atoms with Gasteiger partial charge in [-0.2, -0.15) is 7.82 Å². The van der Waals surface area contributed by atoms with Crippen LogP contribution in [0.1, 0.15) is 0 Å². The molecule has 0 aromatic rings. The van der Waals surface area contributed by atoms with Crippen molar-refractivity contribution in [1.82, 2.24) is 0 Å². The Bertz CT molecular complexity index is 62.2. The molecule has 8 heavy (non-hydrogen) atoms. The first-order valence-electron chi connectivity index (χ1n) is 0.730. The molecule has 0 aliphatic rings. The van der Waals surface area contributed by atoms with Crippen LogP contribution in [0, 0.1) is 0 Å². The van der Waals surface area contributed by atoms with E-state index in [0.717, 1.165) is 0 Å². The molecular weight excluding hydrogens is 365 g/mol. The monoisotopic (exact) mass is 366 g/mol. The number of hydrogen-bond acceptors (Lipinski definition) is 4. The molecule has 2 radical (unpaired) electrons. The fourth-order valence-corrected chi connectivity index (χ4v) is 0. The molecule has 0 aromatic heterocycles. The molecule has 0 heterocycles. The summed E-state index contributed by atoms with van der Waals surface area (Å²) in [7, 11) is -5.39. The Balaban J connectivity index is -0.0000000267. The molecule has 0 aromatic carbocycles. The van der Waals surface area contributed by atoms with Crippen LogP contribution in [0.15, 0.2) is 0 Å². The molecule has 4 nitrogen and oxygen atoms in total. The van der Waals surface area contributed by atoms with Gasteiger partial charge in [0.05, 0.1) is 0 Å². The van der Waals surface area contributed by atoms with Crippen molar-refractivity contribution >= 4 is 35.1 Å². The Morgan fingerprint density at radius 2 is 1.12 bits per heavy atom. The summed E-state index contributed by atoms with van der Waals surface area (Å²) in [6.45, 7) is 0. The first-order valence-corrected chi connectivity index (χ1v) is 2.19. The summed E-state index contributed by atoms with van der Waals surface area (Å²) >= 11 is 0. The minimum absolute atomic E-state index is 0. The van der Waals surface area contributed by atoms with E-state index >= 15 is 0 Å². The molecule has 0 bridgehead atoms. The Hall–Kier alpha value is 2.15. The predicted molar refractivity (Wildman–Crippen MR) is 13.4 cm³/mol. The van der Waals surface area contributed by atoms with Crippen molar-refractivity contribution < 1.29 is 55.2 Å². The quantitative estimate of drug-likeness (QED) is 0.316. The largest absolute Gasteiger partial charge is 2.00 e. The molecule has 0 spiro atoms. The van der Waals surface area contributed by atoms with Gasteiger partial charge >= 0.3 is 46.2 Å². The second kappa shape index (κ2) is 9.15. The summed E-state index contributed by atoms with van der Waals surface area (Å²) in [5.41, 5.74) is 0. The molecule has 0 aliphatic carbocycles. The van der Waals surface area contributed by atoms with Crippen LogP contribution in [0.2, 0.25) is 0 Å². The van der Waals surface area contributed by atoms with E-state index in [2.05, 4.69) is 0 Å². The predicted octanol–water partition coefficient (Wildman–Crippen LogP) is -6.20. The van der Waals surface area contributed by atoms with E-state index < -0.39 is 7.82 Å². The van der Waals surface area contributed by atoms with Crippen molar-refractivity contribution in [2.45, 2.75) is 0 Å². The molecule has 0 fully saturated rings. The Labute approximate surface area is 89.5 Å². The minimum Gasteiger partial charge on any atom is -0.822 e. The van der Waals surface area contributed by atoms with Crippen molar-refractivity contribution in [3.63, 3.8) is 0 Å². The average Bonchev–Trinajstić information content (AvgIpc) is 0.722. The summed E-state index contributed by atoms with van der Waals surface area (Å²) < 4.78 is 8.55. The van der Waals surface area contributed by atoms with E-state index in [4.69, 9.17) is 19.2 Å². The van der Waals surface area contributed by atoms with E-state index in [1.165, 1.54) is 0 Å². The SMILES string of the molecule is O=P([O-])([O-])[O-].[Fe].[Li+].[Pb+2]. The van der Waals surface area contributed by atoms with Gasteiger partial charge in [-0.25, -0.2) is 0 Å². The fourth-order valence-electron chi connectivity index (χ4n) is 0. The van der Waals surface area contributed by atoms with Crippen LogP contribution in [-0.2, 0) is 21.6 Å². The van der Waals surface area contributed by atoms with E-state index in [1.807, 2.05) is 0 Å². The molecule has 42 valence electrons. The van der Waals surface area contributed by atoms with Gasteiger partial charge in [0.25, 0.3) is 0 Å². The van der Waals surface area contributed by atoms with E-state index in [0.29, 0.717) is 0 Å². The molecule has 0 rings (SSSR count). The van der Waals surface area contributed by atoms with Crippen LogP contribution < -0.4 is 33.5 Å². The normalized spacial score (nSPS) is 7.38. The molecule has 0 amide bonds. The first-order chi connectivity index (χ1) is 2.00. The molecule has 0 atom stereocenters. The summed E-state index contributed by atoms with van der Waals surface area (Å²) in [6, 6.07) is 0. The van der Waals surface area contributed by atoms with Crippen molar-refractivity contribution in [2.75, 3.05) is 0 Å². The van der Waals surface area contributed by atoms with Gasteiger partial charge in [0, 0.05) is 17.1 Å². The van der Waals surface area contributed by atoms with E-state index in [1.54, 1.807) is 0 Å². The number of phosphoric acid groups is 1. The minimum atomic E-state index is -5.39. The van der Waals surface area contributed by atoms with Crippen LogP contribution in [0.25, 0.3) is 0 Å². The molecule has 0 saturated carbocycles. The maximum absolute atomic E-state index is 8.55. The number of hydrogen-bond donors (Lipinski definition) is 0.